The largest absolute Gasteiger partial charge is 0.385 e. The van der Waals surface area contributed by atoms with Crippen LogP contribution in [-0.4, -0.2) is 18.9 Å². The van der Waals surface area contributed by atoms with Crippen molar-refractivity contribution < 1.29 is 0 Å². The van der Waals surface area contributed by atoms with E-state index in [1.54, 1.807) is 0 Å². The third-order valence-corrected chi connectivity index (χ3v) is 3.68. The van der Waals surface area contributed by atoms with Gasteiger partial charge in [0.2, 0.25) is 0 Å². The standard InChI is InChI=1S/C18H24N6/c19-13-5-2-6-14-22-16-11-9-15(10-12-16)18(20)24(23-21)17-7-3-1-4-8-17/h1,3-4,7-12,20-22H,2,5-6,13-14,19H2. The van der Waals surface area contributed by atoms with E-state index in [-0.39, 0.29) is 5.84 Å². The van der Waals surface area contributed by atoms with Crippen molar-refractivity contribution in [2.24, 2.45) is 11.0 Å². The van der Waals surface area contributed by atoms with E-state index in [2.05, 4.69) is 10.5 Å². The highest BCUT2D eigenvalue weighted by atomic mass is 15.5. The summed E-state index contributed by atoms with van der Waals surface area (Å²) in [5, 5.41) is 16.4. The number of hydrogen-bond donors (Lipinski definition) is 4. The molecule has 2 aromatic rings. The molecule has 2 rings (SSSR count). The third-order valence-electron chi connectivity index (χ3n) is 3.68. The second-order valence-corrected chi connectivity index (χ2v) is 5.45. The first-order valence-electron chi connectivity index (χ1n) is 8.11. The summed E-state index contributed by atoms with van der Waals surface area (Å²) in [5.74, 6) is 0.172. The molecule has 0 atom stereocenters. The SMILES string of the molecule is N=NN(C(=N)c1ccc(NCCCCCN)cc1)c1ccccc1. The Bertz CT molecular complexity index is 638. The van der Waals surface area contributed by atoms with E-state index in [0.29, 0.717) is 11.3 Å². The van der Waals surface area contributed by atoms with Crippen LogP contribution in [0.15, 0.2) is 59.8 Å². The molecule has 0 amide bonds. The number of anilines is 2. The van der Waals surface area contributed by atoms with E-state index in [0.717, 1.165) is 38.0 Å². The number of nitrogens with two attached hydrogens (primary N) is 1. The van der Waals surface area contributed by atoms with Gasteiger partial charge in [0, 0.05) is 17.8 Å². The molecule has 24 heavy (non-hydrogen) atoms. The van der Waals surface area contributed by atoms with Gasteiger partial charge in [-0.3, -0.25) is 5.41 Å². The first-order chi connectivity index (χ1) is 11.8. The normalized spacial score (nSPS) is 10.2. The number of nitrogens with zero attached hydrogens (tertiary/aromatic N) is 2. The van der Waals surface area contributed by atoms with Crippen molar-refractivity contribution in [3.63, 3.8) is 0 Å². The second kappa shape index (κ2) is 9.42. The minimum Gasteiger partial charge on any atom is -0.385 e. The van der Waals surface area contributed by atoms with Crippen molar-refractivity contribution in [1.82, 2.24) is 0 Å². The van der Waals surface area contributed by atoms with Crippen LogP contribution in [0.4, 0.5) is 11.4 Å². The zero-order chi connectivity index (χ0) is 17.2. The third kappa shape index (κ3) is 4.89. The number of unbranched alkanes of at least 4 members (excludes halogenated alkanes) is 2. The van der Waals surface area contributed by atoms with Gasteiger partial charge in [0.15, 0.2) is 5.84 Å². The van der Waals surface area contributed by atoms with Gasteiger partial charge in [-0.15, -0.1) is 0 Å². The van der Waals surface area contributed by atoms with Gasteiger partial charge in [-0.1, -0.05) is 29.8 Å². The predicted octanol–water partition coefficient (Wildman–Crippen LogP) is 4.01. The minimum atomic E-state index is 0.172. The van der Waals surface area contributed by atoms with Crippen molar-refractivity contribution in [1.29, 1.82) is 10.9 Å². The number of benzene rings is 2. The Labute approximate surface area is 142 Å². The molecule has 0 radical (unpaired) electrons. The van der Waals surface area contributed by atoms with E-state index in [1.807, 2.05) is 54.6 Å². The molecule has 0 fully saturated rings. The molecular weight excluding hydrogens is 300 g/mol. The van der Waals surface area contributed by atoms with Crippen molar-refractivity contribution in [2.75, 3.05) is 23.4 Å². The van der Waals surface area contributed by atoms with Crippen molar-refractivity contribution in [3.8, 4) is 0 Å². The van der Waals surface area contributed by atoms with Gasteiger partial charge in [0.05, 0.1) is 5.69 Å². The summed E-state index contributed by atoms with van der Waals surface area (Å²) in [6.45, 7) is 1.66. The lowest BCUT2D eigenvalue weighted by molar-refractivity contribution is 0.707. The van der Waals surface area contributed by atoms with Crippen LogP contribution in [0.2, 0.25) is 0 Å². The zero-order valence-corrected chi connectivity index (χ0v) is 13.7. The quantitative estimate of drug-likeness (QED) is 0.184. The summed E-state index contributed by atoms with van der Waals surface area (Å²) in [6.07, 6.45) is 3.28. The van der Waals surface area contributed by atoms with Gasteiger partial charge < -0.3 is 11.1 Å². The molecule has 0 aliphatic heterocycles. The summed E-state index contributed by atoms with van der Waals surface area (Å²) in [7, 11) is 0. The number of amidine groups is 1. The smallest absolute Gasteiger partial charge is 0.155 e. The van der Waals surface area contributed by atoms with Gasteiger partial charge in [0.1, 0.15) is 0 Å². The van der Waals surface area contributed by atoms with Crippen LogP contribution >= 0.6 is 0 Å². The van der Waals surface area contributed by atoms with Crippen LogP contribution in [0, 0.1) is 10.9 Å². The van der Waals surface area contributed by atoms with Crippen molar-refractivity contribution in [3.05, 3.63) is 60.2 Å². The molecule has 0 heterocycles. The van der Waals surface area contributed by atoms with Gasteiger partial charge in [-0.25, -0.2) is 0 Å². The highest BCUT2D eigenvalue weighted by Gasteiger charge is 2.13. The predicted molar refractivity (Wildman–Crippen MR) is 98.7 cm³/mol. The van der Waals surface area contributed by atoms with Crippen LogP contribution in [0.25, 0.3) is 0 Å². The Morgan fingerprint density at radius 1 is 1.00 bits per heavy atom. The number of hydrogen-bond acceptors (Lipinski definition) is 5. The summed E-state index contributed by atoms with van der Waals surface area (Å²) in [4.78, 5) is 0. The fourth-order valence-corrected chi connectivity index (χ4v) is 2.35. The molecule has 0 aliphatic rings. The molecule has 6 heteroatoms. The molecule has 0 saturated heterocycles. The van der Waals surface area contributed by atoms with Gasteiger partial charge in [0.25, 0.3) is 0 Å². The fourth-order valence-electron chi connectivity index (χ4n) is 2.35. The van der Waals surface area contributed by atoms with Crippen LogP contribution in [0.3, 0.4) is 0 Å². The molecule has 2 aromatic carbocycles. The Morgan fingerprint density at radius 2 is 1.71 bits per heavy atom. The lowest BCUT2D eigenvalue weighted by atomic mass is 10.1. The molecule has 0 bridgehead atoms. The molecule has 0 spiro atoms. The summed E-state index contributed by atoms with van der Waals surface area (Å²) in [6, 6.07) is 16.9. The van der Waals surface area contributed by atoms with Crippen LogP contribution in [-0.2, 0) is 0 Å². The summed E-state index contributed by atoms with van der Waals surface area (Å²) in [5.41, 5.74) is 15.3. The Balaban J connectivity index is 1.96. The second-order valence-electron chi connectivity index (χ2n) is 5.45. The molecule has 5 N–H and O–H groups in total. The Morgan fingerprint density at radius 3 is 2.33 bits per heavy atom. The highest BCUT2D eigenvalue weighted by molar-refractivity contribution is 6.07. The highest BCUT2D eigenvalue weighted by Crippen LogP contribution is 2.18. The van der Waals surface area contributed by atoms with Crippen LogP contribution in [0.5, 0.6) is 0 Å². The van der Waals surface area contributed by atoms with E-state index >= 15 is 0 Å². The number of rotatable bonds is 9. The average molecular weight is 324 g/mol. The maximum absolute atomic E-state index is 8.29. The lowest BCUT2D eigenvalue weighted by Crippen LogP contribution is -2.24. The number of nitrogens with one attached hydrogen (secondary N) is 3. The van der Waals surface area contributed by atoms with Crippen LogP contribution < -0.4 is 16.1 Å². The zero-order valence-electron chi connectivity index (χ0n) is 13.7. The van der Waals surface area contributed by atoms with E-state index < -0.39 is 0 Å². The fraction of sp³-hybridized carbons (Fsp3) is 0.278. The van der Waals surface area contributed by atoms with E-state index in [1.165, 1.54) is 5.01 Å². The molecule has 6 nitrogen and oxygen atoms in total. The minimum absolute atomic E-state index is 0.172. The molecule has 126 valence electrons. The molecular formula is C18H24N6. The van der Waals surface area contributed by atoms with Gasteiger partial charge in [-0.05, 0) is 55.8 Å². The summed E-state index contributed by atoms with van der Waals surface area (Å²) >= 11 is 0. The number of para-hydroxylation sites is 1. The first-order valence-corrected chi connectivity index (χ1v) is 8.11. The van der Waals surface area contributed by atoms with Gasteiger partial charge in [-0.2, -0.15) is 10.5 Å². The maximum Gasteiger partial charge on any atom is 0.155 e. The molecule has 0 aliphatic carbocycles. The molecule has 0 unspecified atom stereocenters. The Kier molecular flexibility index (Phi) is 6.91. The lowest BCUT2D eigenvalue weighted by Gasteiger charge is -2.18. The first kappa shape index (κ1) is 17.6. The average Bonchev–Trinajstić information content (AvgIpc) is 2.63. The van der Waals surface area contributed by atoms with E-state index in [9.17, 15) is 0 Å². The van der Waals surface area contributed by atoms with Crippen molar-refractivity contribution >= 4 is 17.2 Å². The van der Waals surface area contributed by atoms with Crippen LogP contribution in [0.1, 0.15) is 24.8 Å². The molecule has 0 saturated carbocycles. The summed E-state index contributed by atoms with van der Waals surface area (Å²) < 4.78 is 0. The van der Waals surface area contributed by atoms with E-state index in [4.69, 9.17) is 16.7 Å². The monoisotopic (exact) mass is 324 g/mol. The van der Waals surface area contributed by atoms with Crippen molar-refractivity contribution in [2.45, 2.75) is 19.3 Å². The topological polar surface area (TPSA) is 101 Å². The Hall–Kier alpha value is -2.73. The van der Waals surface area contributed by atoms with Gasteiger partial charge >= 0.3 is 0 Å². The maximum atomic E-state index is 8.29. The molecule has 0 aromatic heterocycles.